The molecule has 24 heavy (non-hydrogen) atoms. The van der Waals surface area contributed by atoms with E-state index in [0.717, 1.165) is 31.5 Å². The number of aromatic nitrogens is 4. The van der Waals surface area contributed by atoms with Crippen molar-refractivity contribution in [3.63, 3.8) is 0 Å². The molecule has 1 aliphatic rings. The standard InChI is InChI=1S/C17H23N5O2/c23-17(2-1-8-21-9-7-19-14-21)22-10-11-24-16(12-22)4-3-15-5-6-18-13-20-15/h5-7,9,13-14,16H,1-4,8,10-12H2. The molecular weight excluding hydrogens is 306 g/mol. The molecule has 1 atom stereocenters. The Morgan fingerprint density at radius 2 is 2.29 bits per heavy atom. The molecule has 0 N–H and O–H groups in total. The Morgan fingerprint density at radius 1 is 1.33 bits per heavy atom. The number of aryl methyl sites for hydroxylation is 2. The first-order valence-electron chi connectivity index (χ1n) is 8.41. The van der Waals surface area contributed by atoms with E-state index in [2.05, 4.69) is 15.0 Å². The lowest BCUT2D eigenvalue weighted by Crippen LogP contribution is -2.45. The van der Waals surface area contributed by atoms with Crippen molar-refractivity contribution < 1.29 is 9.53 Å². The maximum Gasteiger partial charge on any atom is 0.222 e. The normalized spacial score (nSPS) is 17.8. The zero-order chi connectivity index (χ0) is 16.6. The van der Waals surface area contributed by atoms with Crippen molar-refractivity contribution in [1.82, 2.24) is 24.4 Å². The second kappa shape index (κ2) is 8.54. The highest BCUT2D eigenvalue weighted by Crippen LogP contribution is 2.13. The third-order valence-electron chi connectivity index (χ3n) is 4.22. The number of hydrogen-bond donors (Lipinski definition) is 0. The van der Waals surface area contributed by atoms with E-state index in [-0.39, 0.29) is 12.0 Å². The van der Waals surface area contributed by atoms with Crippen molar-refractivity contribution in [1.29, 1.82) is 0 Å². The highest BCUT2D eigenvalue weighted by atomic mass is 16.5. The van der Waals surface area contributed by atoms with Gasteiger partial charge in [0.15, 0.2) is 0 Å². The molecule has 0 saturated carbocycles. The van der Waals surface area contributed by atoms with Gasteiger partial charge in [0.05, 0.1) is 19.0 Å². The summed E-state index contributed by atoms with van der Waals surface area (Å²) in [6.45, 7) is 2.80. The van der Waals surface area contributed by atoms with Crippen LogP contribution in [0.15, 0.2) is 37.3 Å². The smallest absolute Gasteiger partial charge is 0.222 e. The minimum absolute atomic E-state index is 0.0892. The summed E-state index contributed by atoms with van der Waals surface area (Å²) >= 11 is 0. The lowest BCUT2D eigenvalue weighted by atomic mass is 10.1. The SMILES string of the molecule is O=C(CCCn1ccnc1)N1CCOC(CCc2ccncn2)C1. The molecule has 1 saturated heterocycles. The van der Waals surface area contributed by atoms with E-state index in [9.17, 15) is 4.79 Å². The molecule has 3 heterocycles. The lowest BCUT2D eigenvalue weighted by molar-refractivity contribution is -0.139. The predicted octanol–water partition coefficient (Wildman–Crippen LogP) is 1.31. The predicted molar refractivity (Wildman–Crippen MR) is 88.1 cm³/mol. The first-order chi connectivity index (χ1) is 11.8. The Labute approximate surface area is 141 Å². The van der Waals surface area contributed by atoms with Crippen LogP contribution in [0.1, 0.15) is 25.0 Å². The molecule has 2 aromatic heterocycles. The summed E-state index contributed by atoms with van der Waals surface area (Å²) in [5, 5.41) is 0. The molecule has 7 nitrogen and oxygen atoms in total. The van der Waals surface area contributed by atoms with Crippen LogP contribution in [0.25, 0.3) is 0 Å². The fourth-order valence-corrected chi connectivity index (χ4v) is 2.89. The van der Waals surface area contributed by atoms with Crippen molar-refractivity contribution in [2.75, 3.05) is 19.7 Å². The van der Waals surface area contributed by atoms with Crippen LogP contribution in [0.5, 0.6) is 0 Å². The van der Waals surface area contributed by atoms with E-state index in [1.807, 2.05) is 21.7 Å². The van der Waals surface area contributed by atoms with Crippen molar-refractivity contribution in [2.45, 2.75) is 38.3 Å². The molecule has 1 fully saturated rings. The fourth-order valence-electron chi connectivity index (χ4n) is 2.89. The molecule has 2 aromatic rings. The number of morpholine rings is 1. The lowest BCUT2D eigenvalue weighted by Gasteiger charge is -2.33. The highest BCUT2D eigenvalue weighted by molar-refractivity contribution is 5.76. The van der Waals surface area contributed by atoms with E-state index in [1.54, 1.807) is 25.0 Å². The topological polar surface area (TPSA) is 73.1 Å². The van der Waals surface area contributed by atoms with Gasteiger partial charge >= 0.3 is 0 Å². The third-order valence-corrected chi connectivity index (χ3v) is 4.22. The first kappa shape index (κ1) is 16.6. The average molecular weight is 329 g/mol. The van der Waals surface area contributed by atoms with E-state index >= 15 is 0 Å². The molecule has 0 aliphatic carbocycles. The summed E-state index contributed by atoms with van der Waals surface area (Å²) in [5.41, 5.74) is 1.01. The van der Waals surface area contributed by atoms with Crippen LogP contribution < -0.4 is 0 Å². The van der Waals surface area contributed by atoms with Crippen LogP contribution >= 0.6 is 0 Å². The van der Waals surface area contributed by atoms with Crippen LogP contribution in [0.3, 0.4) is 0 Å². The molecule has 1 unspecified atom stereocenters. The Hall–Kier alpha value is -2.28. The number of hydrogen-bond acceptors (Lipinski definition) is 5. The van der Waals surface area contributed by atoms with Gasteiger partial charge in [0, 0.05) is 50.3 Å². The Kier molecular flexibility index (Phi) is 5.90. The van der Waals surface area contributed by atoms with Gasteiger partial charge < -0.3 is 14.2 Å². The number of imidazole rings is 1. The fraction of sp³-hybridized carbons (Fsp3) is 0.529. The molecule has 3 rings (SSSR count). The van der Waals surface area contributed by atoms with Gasteiger partial charge in [-0.1, -0.05) is 0 Å². The number of rotatable bonds is 7. The second-order valence-corrected chi connectivity index (χ2v) is 5.98. The summed E-state index contributed by atoms with van der Waals surface area (Å²) in [5.74, 6) is 0.213. The van der Waals surface area contributed by atoms with Gasteiger partial charge in [0.2, 0.25) is 5.91 Å². The first-order valence-corrected chi connectivity index (χ1v) is 8.41. The second-order valence-electron chi connectivity index (χ2n) is 5.98. The maximum absolute atomic E-state index is 12.4. The Bertz CT molecular complexity index is 617. The van der Waals surface area contributed by atoms with Gasteiger partial charge in [0.1, 0.15) is 6.33 Å². The zero-order valence-electron chi connectivity index (χ0n) is 13.8. The number of carbonyl (C=O) groups is 1. The molecular formula is C17H23N5O2. The quantitative estimate of drug-likeness (QED) is 0.766. The van der Waals surface area contributed by atoms with Crippen LogP contribution in [0.2, 0.25) is 0 Å². The van der Waals surface area contributed by atoms with Crippen molar-refractivity contribution >= 4 is 5.91 Å². The molecule has 128 valence electrons. The summed E-state index contributed by atoms with van der Waals surface area (Å²) in [6, 6.07) is 1.92. The van der Waals surface area contributed by atoms with Gasteiger partial charge in [-0.05, 0) is 25.3 Å². The van der Waals surface area contributed by atoms with Gasteiger partial charge in [-0.15, -0.1) is 0 Å². The summed E-state index contributed by atoms with van der Waals surface area (Å²) < 4.78 is 7.79. The monoisotopic (exact) mass is 329 g/mol. The van der Waals surface area contributed by atoms with Crippen LogP contribution in [-0.2, 0) is 22.5 Å². The van der Waals surface area contributed by atoms with E-state index in [1.165, 1.54) is 0 Å². The molecule has 1 aliphatic heterocycles. The zero-order valence-corrected chi connectivity index (χ0v) is 13.8. The van der Waals surface area contributed by atoms with Crippen LogP contribution in [-0.4, -0.2) is 56.1 Å². The van der Waals surface area contributed by atoms with Crippen molar-refractivity contribution in [3.8, 4) is 0 Å². The van der Waals surface area contributed by atoms with Gasteiger partial charge in [-0.3, -0.25) is 4.79 Å². The Balaban J connectivity index is 1.40. The summed E-state index contributed by atoms with van der Waals surface area (Å²) in [7, 11) is 0. The minimum atomic E-state index is 0.0892. The average Bonchev–Trinajstić information content (AvgIpc) is 3.14. The maximum atomic E-state index is 12.4. The van der Waals surface area contributed by atoms with Gasteiger partial charge in [-0.2, -0.15) is 0 Å². The molecule has 0 radical (unpaired) electrons. The van der Waals surface area contributed by atoms with Crippen LogP contribution in [0.4, 0.5) is 0 Å². The number of ether oxygens (including phenoxy) is 1. The molecule has 1 amide bonds. The minimum Gasteiger partial charge on any atom is -0.375 e. The van der Waals surface area contributed by atoms with Crippen LogP contribution in [0, 0.1) is 0 Å². The Morgan fingerprint density at radius 3 is 3.08 bits per heavy atom. The van der Waals surface area contributed by atoms with Gasteiger partial charge in [-0.25, -0.2) is 15.0 Å². The van der Waals surface area contributed by atoms with Gasteiger partial charge in [0.25, 0.3) is 0 Å². The third kappa shape index (κ3) is 4.86. The van der Waals surface area contributed by atoms with Crippen molar-refractivity contribution in [3.05, 3.63) is 43.0 Å². The molecule has 0 bridgehead atoms. The van der Waals surface area contributed by atoms with Crippen molar-refractivity contribution in [2.24, 2.45) is 0 Å². The summed E-state index contributed by atoms with van der Waals surface area (Å²) in [6.07, 6.45) is 12.0. The van der Waals surface area contributed by atoms with E-state index in [0.29, 0.717) is 26.1 Å². The highest BCUT2D eigenvalue weighted by Gasteiger charge is 2.23. The largest absolute Gasteiger partial charge is 0.375 e. The number of carbonyl (C=O) groups excluding carboxylic acids is 1. The number of amides is 1. The van der Waals surface area contributed by atoms with E-state index in [4.69, 9.17) is 4.74 Å². The molecule has 0 spiro atoms. The number of nitrogens with zero attached hydrogens (tertiary/aromatic N) is 5. The molecule has 0 aromatic carbocycles. The summed E-state index contributed by atoms with van der Waals surface area (Å²) in [4.78, 5) is 26.5. The van der Waals surface area contributed by atoms with E-state index < -0.39 is 0 Å². The molecule has 7 heteroatoms.